The molecule has 1 aliphatic heterocycles. The number of benzene rings is 1. The van der Waals surface area contributed by atoms with Crippen molar-refractivity contribution in [2.75, 3.05) is 20.8 Å². The molecule has 144 valence electrons. The number of ether oxygens (including phenoxy) is 4. The van der Waals surface area contributed by atoms with Crippen molar-refractivity contribution in [3.63, 3.8) is 0 Å². The first-order chi connectivity index (χ1) is 13.0. The Hall–Kier alpha value is -3.01. The van der Waals surface area contributed by atoms with Gasteiger partial charge in [-0.05, 0) is 31.5 Å². The van der Waals surface area contributed by atoms with E-state index in [0.29, 0.717) is 35.7 Å². The second kappa shape index (κ2) is 9.08. The number of hydrogen-bond acceptors (Lipinski definition) is 7. The van der Waals surface area contributed by atoms with Gasteiger partial charge in [-0.2, -0.15) is 5.26 Å². The maximum Gasteiger partial charge on any atom is 0.338 e. The lowest BCUT2D eigenvalue weighted by Crippen LogP contribution is -2.34. The van der Waals surface area contributed by atoms with Crippen LogP contribution in [0.15, 0.2) is 29.5 Å². The molecule has 2 unspecified atom stereocenters. The molecule has 0 amide bonds. The molecule has 0 saturated heterocycles. The first-order valence-corrected chi connectivity index (χ1v) is 8.80. The van der Waals surface area contributed by atoms with E-state index in [9.17, 15) is 10.1 Å². The van der Waals surface area contributed by atoms with Crippen LogP contribution in [0, 0.1) is 22.7 Å². The SMILES string of the molecule is CCCC1=C(C(=O)OCC)C(c2cc(OC)ccc2OC)C(C#N)C(=N)O1. The largest absolute Gasteiger partial charge is 0.497 e. The zero-order valence-corrected chi connectivity index (χ0v) is 16.0. The van der Waals surface area contributed by atoms with Gasteiger partial charge >= 0.3 is 5.97 Å². The van der Waals surface area contributed by atoms with Gasteiger partial charge in [0.15, 0.2) is 0 Å². The van der Waals surface area contributed by atoms with Crippen LogP contribution < -0.4 is 9.47 Å². The van der Waals surface area contributed by atoms with Crippen molar-refractivity contribution in [1.29, 1.82) is 10.7 Å². The van der Waals surface area contributed by atoms with Crippen molar-refractivity contribution in [3.05, 3.63) is 35.1 Å². The summed E-state index contributed by atoms with van der Waals surface area (Å²) in [5.41, 5.74) is 0.834. The molecule has 27 heavy (non-hydrogen) atoms. The zero-order valence-electron chi connectivity index (χ0n) is 16.0. The Kier molecular flexibility index (Phi) is 6.83. The molecule has 0 saturated carbocycles. The molecule has 0 bridgehead atoms. The summed E-state index contributed by atoms with van der Waals surface area (Å²) in [6.45, 7) is 3.85. The standard InChI is InChI=1S/C20H24N2O5/c1-5-7-16-18(20(23)26-6-2)17(14(11-21)19(22)27-16)13-10-12(24-3)8-9-15(13)25-4/h8-10,14,17,22H,5-7H2,1-4H3. The number of rotatable bonds is 7. The van der Waals surface area contributed by atoms with Gasteiger partial charge in [0, 0.05) is 17.9 Å². The van der Waals surface area contributed by atoms with E-state index in [1.54, 1.807) is 25.1 Å². The molecule has 0 aliphatic carbocycles. The molecule has 0 spiro atoms. The Morgan fingerprint density at radius 3 is 2.59 bits per heavy atom. The van der Waals surface area contributed by atoms with Gasteiger partial charge in [-0.25, -0.2) is 4.79 Å². The van der Waals surface area contributed by atoms with Gasteiger partial charge in [0.1, 0.15) is 23.2 Å². The second-order valence-corrected chi connectivity index (χ2v) is 5.97. The molecule has 2 rings (SSSR count). The molecule has 0 aromatic heterocycles. The van der Waals surface area contributed by atoms with E-state index in [1.807, 2.05) is 6.92 Å². The molecule has 1 aliphatic rings. The van der Waals surface area contributed by atoms with Crippen LogP contribution >= 0.6 is 0 Å². The number of carbonyl (C=O) groups excluding carboxylic acids is 1. The third-order valence-corrected chi connectivity index (χ3v) is 4.34. The van der Waals surface area contributed by atoms with Gasteiger partial charge < -0.3 is 18.9 Å². The van der Waals surface area contributed by atoms with Crippen LogP contribution in [0.5, 0.6) is 11.5 Å². The minimum absolute atomic E-state index is 0.191. The van der Waals surface area contributed by atoms with Crippen molar-refractivity contribution >= 4 is 11.9 Å². The number of nitriles is 1. The monoisotopic (exact) mass is 372 g/mol. The molecule has 7 heteroatoms. The lowest BCUT2D eigenvalue weighted by Gasteiger charge is -2.32. The fourth-order valence-corrected chi connectivity index (χ4v) is 3.16. The van der Waals surface area contributed by atoms with Crippen molar-refractivity contribution in [2.24, 2.45) is 5.92 Å². The summed E-state index contributed by atoms with van der Waals surface area (Å²) in [6.07, 6.45) is 1.17. The molecule has 1 aromatic carbocycles. The van der Waals surface area contributed by atoms with E-state index in [4.69, 9.17) is 24.4 Å². The van der Waals surface area contributed by atoms with Crippen LogP contribution in [-0.2, 0) is 14.3 Å². The van der Waals surface area contributed by atoms with E-state index in [0.717, 1.165) is 0 Å². The summed E-state index contributed by atoms with van der Waals surface area (Å²) in [6, 6.07) is 7.25. The number of nitrogens with one attached hydrogen (secondary N) is 1. The Balaban J connectivity index is 2.76. The molecule has 1 aromatic rings. The highest BCUT2D eigenvalue weighted by molar-refractivity contribution is 5.96. The summed E-state index contributed by atoms with van der Waals surface area (Å²) in [5.74, 6) is -1.06. The molecule has 0 radical (unpaired) electrons. The third-order valence-electron chi connectivity index (χ3n) is 4.34. The van der Waals surface area contributed by atoms with Gasteiger partial charge in [-0.3, -0.25) is 5.41 Å². The normalized spacial score (nSPS) is 19.1. The predicted octanol–water partition coefficient (Wildman–Crippen LogP) is 3.55. The molecule has 0 fully saturated rings. The highest BCUT2D eigenvalue weighted by Gasteiger charge is 2.43. The first kappa shape index (κ1) is 20.3. The van der Waals surface area contributed by atoms with Crippen LogP contribution in [0.3, 0.4) is 0 Å². The summed E-state index contributed by atoms with van der Waals surface area (Å²) in [7, 11) is 3.04. The van der Waals surface area contributed by atoms with Crippen LogP contribution in [0.4, 0.5) is 0 Å². The lowest BCUT2D eigenvalue weighted by atomic mass is 9.77. The zero-order chi connectivity index (χ0) is 20.0. The Labute approximate surface area is 159 Å². The maximum atomic E-state index is 12.8. The summed E-state index contributed by atoms with van der Waals surface area (Å²) >= 11 is 0. The van der Waals surface area contributed by atoms with Crippen LogP contribution in [0.2, 0.25) is 0 Å². The van der Waals surface area contributed by atoms with Crippen LogP contribution in [-0.4, -0.2) is 32.7 Å². The Morgan fingerprint density at radius 1 is 1.30 bits per heavy atom. The number of carbonyl (C=O) groups is 1. The van der Waals surface area contributed by atoms with Crippen molar-refractivity contribution in [3.8, 4) is 17.6 Å². The quantitative estimate of drug-likeness (QED) is 0.735. The average molecular weight is 372 g/mol. The van der Waals surface area contributed by atoms with Gasteiger partial charge in [-0.15, -0.1) is 0 Å². The van der Waals surface area contributed by atoms with Crippen LogP contribution in [0.1, 0.15) is 38.2 Å². The summed E-state index contributed by atoms with van der Waals surface area (Å²) < 4.78 is 21.6. The fraction of sp³-hybridized carbons (Fsp3) is 0.450. The Bertz CT molecular complexity index is 794. The number of methoxy groups -OCH3 is 2. The van der Waals surface area contributed by atoms with Crippen molar-refractivity contribution in [1.82, 2.24) is 0 Å². The van der Waals surface area contributed by atoms with Crippen molar-refractivity contribution in [2.45, 2.75) is 32.6 Å². The topological polar surface area (TPSA) is 102 Å². The van der Waals surface area contributed by atoms with E-state index in [1.165, 1.54) is 14.2 Å². The van der Waals surface area contributed by atoms with E-state index in [2.05, 4.69) is 6.07 Å². The number of nitrogens with zero attached hydrogens (tertiary/aromatic N) is 1. The summed E-state index contributed by atoms with van der Waals surface area (Å²) in [5, 5.41) is 17.9. The average Bonchev–Trinajstić information content (AvgIpc) is 2.67. The third kappa shape index (κ3) is 4.05. The maximum absolute atomic E-state index is 12.8. The van der Waals surface area contributed by atoms with Gasteiger partial charge in [0.05, 0.1) is 32.5 Å². The van der Waals surface area contributed by atoms with E-state index >= 15 is 0 Å². The lowest BCUT2D eigenvalue weighted by molar-refractivity contribution is -0.139. The molecule has 1 N–H and O–H groups in total. The highest BCUT2D eigenvalue weighted by Crippen LogP contribution is 2.45. The Morgan fingerprint density at radius 2 is 2.04 bits per heavy atom. The smallest absolute Gasteiger partial charge is 0.338 e. The van der Waals surface area contributed by atoms with E-state index < -0.39 is 17.8 Å². The predicted molar refractivity (Wildman–Crippen MR) is 98.8 cm³/mol. The second-order valence-electron chi connectivity index (χ2n) is 5.97. The van der Waals surface area contributed by atoms with Crippen LogP contribution in [0.25, 0.3) is 0 Å². The van der Waals surface area contributed by atoms with E-state index in [-0.39, 0.29) is 18.1 Å². The van der Waals surface area contributed by atoms with Crippen molar-refractivity contribution < 1.29 is 23.7 Å². The first-order valence-electron chi connectivity index (χ1n) is 8.80. The van der Waals surface area contributed by atoms with Gasteiger partial charge in [0.25, 0.3) is 0 Å². The molecular formula is C20H24N2O5. The van der Waals surface area contributed by atoms with Gasteiger partial charge in [0.2, 0.25) is 5.90 Å². The molecular weight excluding hydrogens is 348 g/mol. The fourth-order valence-electron chi connectivity index (χ4n) is 3.16. The number of allylic oxidation sites excluding steroid dienone is 1. The van der Waals surface area contributed by atoms with Gasteiger partial charge in [-0.1, -0.05) is 6.92 Å². The summed E-state index contributed by atoms with van der Waals surface area (Å²) in [4.78, 5) is 12.8. The highest BCUT2D eigenvalue weighted by atomic mass is 16.5. The minimum Gasteiger partial charge on any atom is -0.497 e. The molecule has 1 heterocycles. The number of esters is 1. The molecule has 7 nitrogen and oxygen atoms in total. The minimum atomic E-state index is -0.981. The number of hydrogen-bond donors (Lipinski definition) is 1. The molecule has 2 atom stereocenters.